The van der Waals surface area contributed by atoms with Crippen molar-refractivity contribution in [2.45, 2.75) is 6.92 Å². The number of aryl methyl sites for hydroxylation is 1. The number of carbonyl (C=O) groups is 1. The second-order valence-electron chi connectivity index (χ2n) is 4.47. The molecule has 0 spiro atoms. The average Bonchev–Trinajstić information content (AvgIpc) is 2.48. The number of oxime groups is 1. The summed E-state index contributed by atoms with van der Waals surface area (Å²) in [6, 6.07) is 15.2. The molecule has 0 aliphatic rings. The maximum Gasteiger partial charge on any atom is 0.265 e. The minimum Gasteiger partial charge on any atom is -0.386 e. The number of nitrogens with one attached hydrogen (secondary N) is 1. The summed E-state index contributed by atoms with van der Waals surface area (Å²) in [6.07, 6.45) is 1.58. The minimum atomic E-state index is -0.252. The zero-order valence-electron chi connectivity index (χ0n) is 11.5. The third-order valence-corrected chi connectivity index (χ3v) is 3.21. The van der Waals surface area contributed by atoms with E-state index in [2.05, 4.69) is 26.4 Å². The first-order valence-corrected chi connectivity index (χ1v) is 7.20. The van der Waals surface area contributed by atoms with E-state index in [9.17, 15) is 4.79 Å². The highest BCUT2D eigenvalue weighted by atomic mass is 79.9. The molecule has 2 aromatic carbocycles. The van der Waals surface area contributed by atoms with Gasteiger partial charge < -0.3 is 10.2 Å². The Balaban J connectivity index is 1.76. The first-order chi connectivity index (χ1) is 10.1. The van der Waals surface area contributed by atoms with Crippen molar-refractivity contribution in [3.8, 4) is 0 Å². The van der Waals surface area contributed by atoms with E-state index in [4.69, 9.17) is 4.84 Å². The van der Waals surface area contributed by atoms with Crippen LogP contribution in [-0.4, -0.2) is 18.7 Å². The smallest absolute Gasteiger partial charge is 0.265 e. The second kappa shape index (κ2) is 7.59. The highest BCUT2D eigenvalue weighted by Crippen LogP contribution is 2.13. The van der Waals surface area contributed by atoms with Crippen LogP contribution in [0.15, 0.2) is 58.2 Å². The number of amides is 1. The van der Waals surface area contributed by atoms with Crippen LogP contribution in [0, 0.1) is 6.92 Å². The van der Waals surface area contributed by atoms with Gasteiger partial charge in [-0.15, -0.1) is 0 Å². The van der Waals surface area contributed by atoms with E-state index in [-0.39, 0.29) is 12.5 Å². The molecule has 0 saturated carbocycles. The summed E-state index contributed by atoms with van der Waals surface area (Å²) < 4.78 is 0.958. The molecule has 1 amide bonds. The molecule has 0 aliphatic carbocycles. The topological polar surface area (TPSA) is 50.7 Å². The molecule has 108 valence electrons. The molecule has 2 aromatic rings. The zero-order chi connectivity index (χ0) is 15.1. The molecule has 0 radical (unpaired) electrons. The van der Waals surface area contributed by atoms with Crippen molar-refractivity contribution >= 4 is 33.7 Å². The fraction of sp³-hybridized carbons (Fsp3) is 0.125. The van der Waals surface area contributed by atoms with Crippen molar-refractivity contribution in [2.24, 2.45) is 5.16 Å². The van der Waals surface area contributed by atoms with Crippen molar-refractivity contribution < 1.29 is 9.63 Å². The van der Waals surface area contributed by atoms with E-state index in [1.165, 1.54) is 5.56 Å². The van der Waals surface area contributed by atoms with E-state index >= 15 is 0 Å². The summed E-state index contributed by atoms with van der Waals surface area (Å²) in [5.74, 6) is -0.252. The van der Waals surface area contributed by atoms with Gasteiger partial charge in [-0.2, -0.15) is 0 Å². The molecule has 0 bridgehead atoms. The first-order valence-electron chi connectivity index (χ1n) is 6.41. The van der Waals surface area contributed by atoms with Gasteiger partial charge in [-0.1, -0.05) is 50.9 Å². The molecular formula is C16H15BrN2O2. The quantitative estimate of drug-likeness (QED) is 0.662. The molecule has 0 heterocycles. The Morgan fingerprint density at radius 2 is 1.86 bits per heavy atom. The number of nitrogens with zero attached hydrogens (tertiary/aromatic N) is 1. The summed E-state index contributed by atoms with van der Waals surface area (Å²) in [6.45, 7) is 1.89. The normalized spacial score (nSPS) is 10.6. The van der Waals surface area contributed by atoms with Crippen LogP contribution in [0.2, 0.25) is 0 Å². The summed E-state index contributed by atoms with van der Waals surface area (Å²) in [4.78, 5) is 16.6. The standard InChI is InChI=1S/C16H15BrN2O2/c1-12-2-4-13(5-3-12)10-18-21-11-16(20)19-15-8-6-14(17)7-9-15/h2-10H,11H2,1H3,(H,19,20)/b18-10-. The molecule has 2 rings (SSSR count). The molecule has 21 heavy (non-hydrogen) atoms. The first kappa shape index (κ1) is 15.3. The lowest BCUT2D eigenvalue weighted by atomic mass is 10.2. The maximum absolute atomic E-state index is 11.6. The molecule has 0 saturated heterocycles. The number of anilines is 1. The van der Waals surface area contributed by atoms with Gasteiger partial charge >= 0.3 is 0 Å². The number of halogens is 1. The van der Waals surface area contributed by atoms with Crippen LogP contribution in [0.4, 0.5) is 5.69 Å². The highest BCUT2D eigenvalue weighted by molar-refractivity contribution is 9.10. The van der Waals surface area contributed by atoms with Gasteiger partial charge in [-0.25, -0.2) is 0 Å². The van der Waals surface area contributed by atoms with Crippen LogP contribution in [0.5, 0.6) is 0 Å². The third kappa shape index (κ3) is 5.39. The van der Waals surface area contributed by atoms with Crippen LogP contribution in [0.1, 0.15) is 11.1 Å². The van der Waals surface area contributed by atoms with Crippen molar-refractivity contribution in [3.05, 3.63) is 64.1 Å². The van der Waals surface area contributed by atoms with Crippen molar-refractivity contribution in [1.29, 1.82) is 0 Å². The van der Waals surface area contributed by atoms with Gasteiger partial charge in [-0.05, 0) is 36.8 Å². The van der Waals surface area contributed by atoms with Crippen molar-refractivity contribution in [3.63, 3.8) is 0 Å². The van der Waals surface area contributed by atoms with Gasteiger partial charge in [0, 0.05) is 10.2 Å². The minimum absolute atomic E-state index is 0.127. The monoisotopic (exact) mass is 346 g/mol. The Kier molecular flexibility index (Phi) is 5.51. The second-order valence-corrected chi connectivity index (χ2v) is 5.39. The Morgan fingerprint density at radius 1 is 1.19 bits per heavy atom. The van der Waals surface area contributed by atoms with Crippen LogP contribution < -0.4 is 5.32 Å². The van der Waals surface area contributed by atoms with Crippen LogP contribution in [0.25, 0.3) is 0 Å². The maximum atomic E-state index is 11.6. The van der Waals surface area contributed by atoms with Crippen LogP contribution in [0.3, 0.4) is 0 Å². The van der Waals surface area contributed by atoms with E-state index in [0.717, 1.165) is 10.0 Å². The van der Waals surface area contributed by atoms with E-state index in [0.29, 0.717) is 5.69 Å². The van der Waals surface area contributed by atoms with Gasteiger partial charge in [0.2, 0.25) is 0 Å². The molecule has 5 heteroatoms. The molecule has 0 atom stereocenters. The number of rotatable bonds is 5. The summed E-state index contributed by atoms with van der Waals surface area (Å²) in [5.41, 5.74) is 2.82. The summed E-state index contributed by atoms with van der Waals surface area (Å²) in [5, 5.41) is 6.49. The zero-order valence-corrected chi connectivity index (χ0v) is 13.1. The highest BCUT2D eigenvalue weighted by Gasteiger charge is 2.02. The Bertz CT molecular complexity index is 622. The number of benzene rings is 2. The van der Waals surface area contributed by atoms with Gasteiger partial charge in [-0.3, -0.25) is 4.79 Å². The van der Waals surface area contributed by atoms with E-state index in [1.807, 2.05) is 43.3 Å². The predicted molar refractivity (Wildman–Crippen MR) is 87.5 cm³/mol. The number of carbonyl (C=O) groups excluding carboxylic acids is 1. The van der Waals surface area contributed by atoms with Gasteiger partial charge in [0.1, 0.15) is 0 Å². The van der Waals surface area contributed by atoms with Gasteiger partial charge in [0.05, 0.1) is 6.21 Å². The largest absolute Gasteiger partial charge is 0.386 e. The molecule has 0 aliphatic heterocycles. The van der Waals surface area contributed by atoms with Crippen LogP contribution >= 0.6 is 15.9 Å². The third-order valence-electron chi connectivity index (χ3n) is 2.68. The van der Waals surface area contributed by atoms with Crippen molar-refractivity contribution in [1.82, 2.24) is 0 Å². The Hall–Kier alpha value is -2.14. The molecule has 0 unspecified atom stereocenters. The lowest BCUT2D eigenvalue weighted by Crippen LogP contribution is -2.16. The molecule has 0 fully saturated rings. The summed E-state index contributed by atoms with van der Waals surface area (Å²) >= 11 is 3.33. The fourth-order valence-electron chi connectivity index (χ4n) is 1.58. The fourth-order valence-corrected chi connectivity index (χ4v) is 1.84. The van der Waals surface area contributed by atoms with Crippen LogP contribution in [-0.2, 0) is 9.63 Å². The number of hydrogen-bond donors (Lipinski definition) is 1. The molecule has 0 aromatic heterocycles. The lowest BCUT2D eigenvalue weighted by molar-refractivity contribution is -0.120. The average molecular weight is 347 g/mol. The lowest BCUT2D eigenvalue weighted by Gasteiger charge is -2.04. The Morgan fingerprint density at radius 3 is 2.52 bits per heavy atom. The molecule has 1 N–H and O–H groups in total. The Labute approximate surface area is 131 Å². The SMILES string of the molecule is Cc1ccc(/C=N\OCC(=O)Nc2ccc(Br)cc2)cc1. The van der Waals surface area contributed by atoms with Gasteiger partial charge in [0.15, 0.2) is 6.61 Å². The molecular weight excluding hydrogens is 332 g/mol. The van der Waals surface area contributed by atoms with E-state index < -0.39 is 0 Å². The van der Waals surface area contributed by atoms with Gasteiger partial charge in [0.25, 0.3) is 5.91 Å². The predicted octanol–water partition coefficient (Wildman–Crippen LogP) is 3.75. The number of hydrogen-bond acceptors (Lipinski definition) is 3. The molecule has 4 nitrogen and oxygen atoms in total. The summed E-state index contributed by atoms with van der Waals surface area (Å²) in [7, 11) is 0. The van der Waals surface area contributed by atoms with Crippen molar-refractivity contribution in [2.75, 3.05) is 11.9 Å². The van der Waals surface area contributed by atoms with E-state index in [1.54, 1.807) is 18.3 Å².